The fourth-order valence-electron chi connectivity index (χ4n) is 4.03. The fourth-order valence-corrected chi connectivity index (χ4v) is 4.03. The third-order valence-electron chi connectivity index (χ3n) is 5.30. The molecule has 0 bridgehead atoms. The van der Waals surface area contributed by atoms with E-state index in [0.29, 0.717) is 31.0 Å². The Hall–Kier alpha value is -1.89. The van der Waals surface area contributed by atoms with Gasteiger partial charge in [-0.1, -0.05) is 30.3 Å². The van der Waals surface area contributed by atoms with Gasteiger partial charge >= 0.3 is 5.97 Å². The van der Waals surface area contributed by atoms with Gasteiger partial charge in [0.05, 0.1) is 25.9 Å². The van der Waals surface area contributed by atoms with Gasteiger partial charge in [0, 0.05) is 11.8 Å². The minimum absolute atomic E-state index is 0.0451. The fraction of sp³-hybridized carbons (Fsp3) is 0.526. The van der Waals surface area contributed by atoms with Crippen LogP contribution in [0.4, 0.5) is 0 Å². The second-order valence-corrected chi connectivity index (χ2v) is 6.71. The minimum Gasteiger partial charge on any atom is -0.491 e. The molecule has 0 unspecified atom stereocenters. The van der Waals surface area contributed by atoms with Gasteiger partial charge in [0.1, 0.15) is 18.0 Å². The van der Waals surface area contributed by atoms with Crippen LogP contribution < -0.4 is 0 Å². The third kappa shape index (κ3) is 2.94. The molecule has 1 N–H and O–H groups in total. The number of ether oxygens (including phenoxy) is 4. The van der Waals surface area contributed by atoms with Crippen LogP contribution >= 0.6 is 0 Å². The molecular formula is C19H22O6. The van der Waals surface area contributed by atoms with Gasteiger partial charge in [-0.25, -0.2) is 4.79 Å². The van der Waals surface area contributed by atoms with Crippen LogP contribution in [0.5, 0.6) is 0 Å². The summed E-state index contributed by atoms with van der Waals surface area (Å²) in [5.41, 5.74) is 1.61. The van der Waals surface area contributed by atoms with Gasteiger partial charge < -0.3 is 24.1 Å². The number of methoxy groups -OCH3 is 1. The predicted molar refractivity (Wildman–Crippen MR) is 87.1 cm³/mol. The molecule has 134 valence electrons. The summed E-state index contributed by atoms with van der Waals surface area (Å²) in [5.74, 6) is 0.490. The van der Waals surface area contributed by atoms with Crippen molar-refractivity contribution < 1.29 is 28.8 Å². The molecule has 3 aliphatic rings. The average Bonchev–Trinajstić information content (AvgIpc) is 3.21. The lowest BCUT2D eigenvalue weighted by atomic mass is 9.85. The van der Waals surface area contributed by atoms with Crippen LogP contribution in [0.15, 0.2) is 41.7 Å². The topological polar surface area (TPSA) is 74.2 Å². The number of aliphatic hydroxyl groups is 1. The van der Waals surface area contributed by atoms with Crippen molar-refractivity contribution in [1.29, 1.82) is 0 Å². The van der Waals surface area contributed by atoms with Gasteiger partial charge in [-0.05, 0) is 18.4 Å². The zero-order valence-corrected chi connectivity index (χ0v) is 14.1. The van der Waals surface area contributed by atoms with Crippen molar-refractivity contribution in [1.82, 2.24) is 0 Å². The highest BCUT2D eigenvalue weighted by Gasteiger charge is 2.54. The Kier molecular flexibility index (Phi) is 4.50. The van der Waals surface area contributed by atoms with E-state index in [4.69, 9.17) is 18.9 Å². The Morgan fingerprint density at radius 2 is 2.12 bits per heavy atom. The lowest BCUT2D eigenvalue weighted by molar-refractivity contribution is -0.257. The largest absolute Gasteiger partial charge is 0.491 e. The van der Waals surface area contributed by atoms with Crippen LogP contribution in [-0.2, 0) is 30.3 Å². The monoisotopic (exact) mass is 346 g/mol. The molecule has 0 saturated carbocycles. The van der Waals surface area contributed by atoms with Crippen LogP contribution in [0, 0.1) is 11.8 Å². The summed E-state index contributed by atoms with van der Waals surface area (Å²) in [6.45, 7) is 0.809. The van der Waals surface area contributed by atoms with Crippen LogP contribution in [0.1, 0.15) is 18.4 Å². The van der Waals surface area contributed by atoms with E-state index in [9.17, 15) is 9.90 Å². The molecule has 4 rings (SSSR count). The van der Waals surface area contributed by atoms with E-state index in [1.54, 1.807) is 0 Å². The molecule has 1 aliphatic carbocycles. The summed E-state index contributed by atoms with van der Waals surface area (Å²) in [6.07, 6.45) is -0.552. The number of carbonyl (C=O) groups is 1. The first-order chi connectivity index (χ1) is 12.2. The summed E-state index contributed by atoms with van der Waals surface area (Å²) in [7, 11) is 1.37. The predicted octanol–water partition coefficient (Wildman–Crippen LogP) is 1.77. The Morgan fingerprint density at radius 1 is 1.32 bits per heavy atom. The molecule has 25 heavy (non-hydrogen) atoms. The lowest BCUT2D eigenvalue weighted by Crippen LogP contribution is -2.50. The van der Waals surface area contributed by atoms with Crippen molar-refractivity contribution in [2.75, 3.05) is 13.7 Å². The van der Waals surface area contributed by atoms with E-state index >= 15 is 0 Å². The molecular weight excluding hydrogens is 324 g/mol. The highest BCUT2D eigenvalue weighted by Crippen LogP contribution is 2.49. The molecule has 2 aliphatic heterocycles. The highest BCUT2D eigenvalue weighted by atomic mass is 16.7. The van der Waals surface area contributed by atoms with Gasteiger partial charge in [-0.2, -0.15) is 0 Å². The van der Waals surface area contributed by atoms with Gasteiger partial charge in [-0.15, -0.1) is 0 Å². The second-order valence-electron chi connectivity index (χ2n) is 6.71. The Morgan fingerprint density at radius 3 is 2.88 bits per heavy atom. The number of esters is 1. The van der Waals surface area contributed by atoms with Crippen molar-refractivity contribution in [3.63, 3.8) is 0 Å². The summed E-state index contributed by atoms with van der Waals surface area (Å²) >= 11 is 0. The summed E-state index contributed by atoms with van der Waals surface area (Å²) in [4.78, 5) is 11.9. The first kappa shape index (κ1) is 16.6. The van der Waals surface area contributed by atoms with Crippen LogP contribution in [-0.4, -0.2) is 43.3 Å². The van der Waals surface area contributed by atoms with E-state index in [1.165, 1.54) is 7.11 Å². The second kappa shape index (κ2) is 6.78. The van der Waals surface area contributed by atoms with Crippen molar-refractivity contribution in [2.24, 2.45) is 11.8 Å². The number of carbonyl (C=O) groups excluding carboxylic acids is 1. The molecule has 0 amide bonds. The minimum atomic E-state index is -0.889. The van der Waals surface area contributed by atoms with E-state index in [1.807, 2.05) is 30.3 Å². The first-order valence-electron chi connectivity index (χ1n) is 8.62. The highest BCUT2D eigenvalue weighted by molar-refractivity contribution is 5.89. The van der Waals surface area contributed by atoms with Crippen LogP contribution in [0.3, 0.4) is 0 Å². The van der Waals surface area contributed by atoms with E-state index in [0.717, 1.165) is 12.0 Å². The van der Waals surface area contributed by atoms with Gasteiger partial charge in [0.15, 0.2) is 6.29 Å². The molecule has 6 heteroatoms. The number of aliphatic hydroxyl groups excluding tert-OH is 1. The standard InChI is InChI=1S/C19H22O6/c1-22-18(21)13-8-7-12-14-10-24-19(15(20)17(14)25-16(12)13)23-9-11-5-3-2-4-6-11/h2-6,12,14-15,17,19-20H,7-10H2,1H3/t12-,14+,15+,17-,19+/m1/s1. The average molecular weight is 346 g/mol. The van der Waals surface area contributed by atoms with E-state index in [-0.39, 0.29) is 17.8 Å². The third-order valence-corrected chi connectivity index (χ3v) is 5.30. The maximum atomic E-state index is 11.9. The van der Waals surface area contributed by atoms with Crippen LogP contribution in [0.25, 0.3) is 0 Å². The molecule has 5 atom stereocenters. The quantitative estimate of drug-likeness (QED) is 0.838. The van der Waals surface area contributed by atoms with Crippen molar-refractivity contribution >= 4 is 5.97 Å². The van der Waals surface area contributed by atoms with Gasteiger partial charge in [-0.3, -0.25) is 0 Å². The SMILES string of the molecule is COC(=O)C1=C2O[C@H]3[C@H](O)[C@@H](OCc4ccccc4)OC[C@H]3[C@H]2CC1. The number of hydrogen-bond donors (Lipinski definition) is 1. The smallest absolute Gasteiger partial charge is 0.337 e. The lowest BCUT2D eigenvalue weighted by Gasteiger charge is -2.36. The van der Waals surface area contributed by atoms with Crippen molar-refractivity contribution in [2.45, 2.75) is 37.9 Å². The first-order valence-corrected chi connectivity index (χ1v) is 8.62. The molecule has 2 heterocycles. The molecule has 2 fully saturated rings. The zero-order chi connectivity index (χ0) is 17.4. The molecule has 0 aromatic heterocycles. The Bertz CT molecular complexity index is 670. The van der Waals surface area contributed by atoms with E-state index in [2.05, 4.69) is 0 Å². The summed E-state index contributed by atoms with van der Waals surface area (Å²) < 4.78 is 22.3. The number of fused-ring (bicyclic) bond motifs is 3. The van der Waals surface area contributed by atoms with Crippen molar-refractivity contribution in [3.8, 4) is 0 Å². The number of benzene rings is 1. The zero-order valence-electron chi connectivity index (χ0n) is 14.1. The maximum absolute atomic E-state index is 11.9. The molecule has 0 radical (unpaired) electrons. The molecule has 1 aromatic rings. The summed E-state index contributed by atoms with van der Waals surface area (Å²) in [5, 5.41) is 10.6. The van der Waals surface area contributed by atoms with Crippen LogP contribution in [0.2, 0.25) is 0 Å². The van der Waals surface area contributed by atoms with Gasteiger partial charge in [0.25, 0.3) is 0 Å². The van der Waals surface area contributed by atoms with Crippen molar-refractivity contribution in [3.05, 3.63) is 47.2 Å². The van der Waals surface area contributed by atoms with Gasteiger partial charge in [0.2, 0.25) is 0 Å². The summed E-state index contributed by atoms with van der Waals surface area (Å²) in [6, 6.07) is 9.74. The Balaban J connectivity index is 1.45. The molecule has 0 spiro atoms. The molecule has 1 aromatic carbocycles. The Labute approximate surface area is 146 Å². The van der Waals surface area contributed by atoms with E-state index < -0.39 is 18.5 Å². The number of allylic oxidation sites excluding steroid dienone is 1. The number of rotatable bonds is 4. The molecule has 6 nitrogen and oxygen atoms in total. The number of hydrogen-bond acceptors (Lipinski definition) is 6. The molecule has 2 saturated heterocycles. The normalized spacial score (nSPS) is 33.6. The maximum Gasteiger partial charge on any atom is 0.337 e.